The maximum atomic E-state index is 12.6. The number of hydrogen-bond donors (Lipinski definition) is 2. The van der Waals surface area contributed by atoms with Gasteiger partial charge < -0.3 is 20.6 Å². The number of fused-ring (bicyclic) bond motifs is 1. The number of esters is 1. The number of thioether (sulfide) groups is 1. The molecular weight excluding hydrogens is 406 g/mol. The molecule has 2 amide bonds. The van der Waals surface area contributed by atoms with Gasteiger partial charge in [0.25, 0.3) is 11.8 Å². The summed E-state index contributed by atoms with van der Waals surface area (Å²) in [4.78, 5) is 47.4. The number of ether oxygens (including phenoxy) is 1. The smallest absolute Gasteiger partial charge is 0.355 e. The van der Waals surface area contributed by atoms with Crippen LogP contribution in [0.1, 0.15) is 5.69 Å². The summed E-state index contributed by atoms with van der Waals surface area (Å²) in [5, 5.41) is 7.73. The Hall–Kier alpha value is -2.86. The van der Waals surface area contributed by atoms with Gasteiger partial charge >= 0.3 is 5.97 Å². The Morgan fingerprint density at radius 3 is 3.00 bits per heavy atom. The van der Waals surface area contributed by atoms with Crippen LogP contribution >= 0.6 is 23.1 Å². The van der Waals surface area contributed by atoms with Crippen LogP contribution in [0.25, 0.3) is 0 Å². The van der Waals surface area contributed by atoms with Gasteiger partial charge in [-0.25, -0.2) is 9.78 Å². The van der Waals surface area contributed by atoms with Crippen LogP contribution in [0.5, 0.6) is 0 Å². The van der Waals surface area contributed by atoms with Gasteiger partial charge in [0.05, 0.1) is 0 Å². The van der Waals surface area contributed by atoms with E-state index in [4.69, 9.17) is 15.3 Å². The number of carbonyl (C=O) groups excluding carboxylic acids is 3. The number of rotatable bonds is 7. The predicted molar refractivity (Wildman–Crippen MR) is 104 cm³/mol. The Morgan fingerprint density at radius 2 is 2.36 bits per heavy atom. The van der Waals surface area contributed by atoms with E-state index in [1.807, 2.05) is 0 Å². The zero-order valence-electron chi connectivity index (χ0n) is 14.8. The molecule has 1 saturated heterocycles. The van der Waals surface area contributed by atoms with Crippen molar-refractivity contribution in [2.75, 3.05) is 25.2 Å². The van der Waals surface area contributed by atoms with Crippen molar-refractivity contribution >= 4 is 51.7 Å². The van der Waals surface area contributed by atoms with E-state index in [-0.39, 0.29) is 28.8 Å². The molecule has 2 aliphatic heterocycles. The van der Waals surface area contributed by atoms with Crippen LogP contribution in [0.4, 0.5) is 5.13 Å². The molecule has 1 fully saturated rings. The first kappa shape index (κ1) is 19.9. The minimum atomic E-state index is -0.813. The topological polar surface area (TPSA) is 136 Å². The summed E-state index contributed by atoms with van der Waals surface area (Å²) in [7, 11) is 1.29. The van der Waals surface area contributed by atoms with Crippen LogP contribution < -0.4 is 11.1 Å². The largest absolute Gasteiger partial charge is 0.457 e. The minimum Gasteiger partial charge on any atom is -0.457 e. The number of thiazole rings is 1. The number of nitrogens with zero attached hydrogens (tertiary/aromatic N) is 3. The van der Waals surface area contributed by atoms with Crippen molar-refractivity contribution < 1.29 is 24.0 Å². The lowest BCUT2D eigenvalue weighted by atomic mass is 10.0. The van der Waals surface area contributed by atoms with Crippen LogP contribution in [-0.2, 0) is 24.0 Å². The lowest BCUT2D eigenvalue weighted by molar-refractivity contribution is -0.151. The van der Waals surface area contributed by atoms with Crippen LogP contribution in [0, 0.1) is 0 Å². The third-order valence-corrected chi connectivity index (χ3v) is 5.69. The first-order valence-electron chi connectivity index (χ1n) is 8.04. The fraction of sp³-hybridized carbons (Fsp3) is 0.312. The summed E-state index contributed by atoms with van der Waals surface area (Å²) in [6.45, 7) is 3.53. The highest BCUT2D eigenvalue weighted by atomic mass is 32.2. The van der Waals surface area contributed by atoms with Gasteiger partial charge in [0.1, 0.15) is 36.5 Å². The lowest BCUT2D eigenvalue weighted by Crippen LogP contribution is -2.70. The van der Waals surface area contributed by atoms with Crippen molar-refractivity contribution in [3.63, 3.8) is 0 Å². The monoisotopic (exact) mass is 423 g/mol. The van der Waals surface area contributed by atoms with E-state index in [2.05, 4.69) is 22.0 Å². The van der Waals surface area contributed by atoms with Crippen molar-refractivity contribution in [2.45, 2.75) is 11.4 Å². The van der Waals surface area contributed by atoms with Gasteiger partial charge in [-0.15, -0.1) is 23.1 Å². The molecule has 0 saturated carbocycles. The third kappa shape index (κ3) is 3.73. The van der Waals surface area contributed by atoms with E-state index in [1.54, 1.807) is 11.5 Å². The maximum absolute atomic E-state index is 12.6. The summed E-state index contributed by atoms with van der Waals surface area (Å²) in [5.41, 5.74) is 5.92. The van der Waals surface area contributed by atoms with Gasteiger partial charge in [-0.05, 0) is 6.08 Å². The van der Waals surface area contributed by atoms with E-state index in [0.29, 0.717) is 5.75 Å². The first-order valence-corrected chi connectivity index (χ1v) is 9.97. The normalized spacial score (nSPS) is 21.2. The average Bonchev–Trinajstić information content (AvgIpc) is 3.13. The van der Waals surface area contributed by atoms with Crippen LogP contribution in [0.3, 0.4) is 0 Å². The molecule has 12 heteroatoms. The van der Waals surface area contributed by atoms with Gasteiger partial charge in [-0.1, -0.05) is 17.8 Å². The Bertz CT molecular complexity index is 881. The van der Waals surface area contributed by atoms with Crippen molar-refractivity contribution in [2.24, 2.45) is 5.16 Å². The van der Waals surface area contributed by atoms with Crippen molar-refractivity contribution in [3.05, 3.63) is 35.5 Å². The summed E-state index contributed by atoms with van der Waals surface area (Å²) < 4.78 is 5.01. The SMILES string of the molecule is C=CCOC(=O)C1=CCSC2C(NC(=O)/C(=N/OC)c3csc(N)n3)C(=O)N12. The van der Waals surface area contributed by atoms with Gasteiger partial charge in [0.15, 0.2) is 10.8 Å². The second kappa shape index (κ2) is 8.44. The molecule has 2 aliphatic rings. The fourth-order valence-corrected chi connectivity index (χ4v) is 4.38. The zero-order valence-corrected chi connectivity index (χ0v) is 16.4. The standard InChI is InChI=1S/C16H17N5O5S2/c1-3-5-26-15(24)9-4-6-27-14-11(13(23)21(9)14)19-12(22)10(20-25-2)8-7-28-16(17)18-8/h3-4,7,11,14H,1,5-6H2,2H3,(H2,17,18)(H,19,22)/b20-10+. The van der Waals surface area contributed by atoms with E-state index in [1.165, 1.54) is 29.8 Å². The second-order valence-electron chi connectivity index (χ2n) is 5.55. The highest BCUT2D eigenvalue weighted by molar-refractivity contribution is 8.00. The number of amides is 2. The fourth-order valence-electron chi connectivity index (χ4n) is 2.64. The third-order valence-electron chi connectivity index (χ3n) is 3.84. The highest BCUT2D eigenvalue weighted by Crippen LogP contribution is 2.37. The number of oxime groups is 1. The van der Waals surface area contributed by atoms with Crippen molar-refractivity contribution in [1.29, 1.82) is 0 Å². The molecule has 2 atom stereocenters. The number of nitrogen functional groups attached to an aromatic ring is 1. The van der Waals surface area contributed by atoms with E-state index in [9.17, 15) is 14.4 Å². The average molecular weight is 423 g/mol. The Morgan fingerprint density at radius 1 is 1.57 bits per heavy atom. The summed E-state index contributed by atoms with van der Waals surface area (Å²) in [6, 6.07) is -0.813. The Balaban J connectivity index is 1.71. The molecule has 0 radical (unpaired) electrons. The molecular formula is C16H17N5O5S2. The molecule has 0 bridgehead atoms. The van der Waals surface area contributed by atoms with Gasteiger partial charge in [-0.3, -0.25) is 14.5 Å². The summed E-state index contributed by atoms with van der Waals surface area (Å²) >= 11 is 2.57. The van der Waals surface area contributed by atoms with E-state index >= 15 is 0 Å². The molecule has 0 aromatic carbocycles. The molecule has 0 spiro atoms. The molecule has 1 aromatic rings. The van der Waals surface area contributed by atoms with Crippen LogP contribution in [-0.4, -0.2) is 64.3 Å². The Kier molecular flexibility index (Phi) is 5.99. The van der Waals surface area contributed by atoms with Gasteiger partial charge in [0.2, 0.25) is 0 Å². The quantitative estimate of drug-likeness (QED) is 0.207. The molecule has 3 N–H and O–H groups in total. The number of nitrogens with two attached hydrogens (primary N) is 1. The van der Waals surface area contributed by atoms with Crippen LogP contribution in [0.15, 0.2) is 35.0 Å². The number of aromatic nitrogens is 1. The maximum Gasteiger partial charge on any atom is 0.355 e. The first-order chi connectivity index (χ1) is 13.5. The number of anilines is 1. The number of β-lactam (4-membered cyclic amide) rings is 1. The minimum absolute atomic E-state index is 0.0454. The molecule has 1 aromatic heterocycles. The molecule has 3 heterocycles. The van der Waals surface area contributed by atoms with Crippen molar-refractivity contribution in [1.82, 2.24) is 15.2 Å². The highest BCUT2D eigenvalue weighted by Gasteiger charge is 2.53. The number of carbonyl (C=O) groups is 3. The predicted octanol–water partition coefficient (Wildman–Crippen LogP) is 0.0888. The van der Waals surface area contributed by atoms with Gasteiger partial charge in [0, 0.05) is 11.1 Å². The number of hydrogen-bond acceptors (Lipinski definition) is 10. The zero-order chi connectivity index (χ0) is 20.3. The summed E-state index contributed by atoms with van der Waals surface area (Å²) in [6.07, 6.45) is 3.06. The molecule has 2 unspecified atom stereocenters. The van der Waals surface area contributed by atoms with E-state index in [0.717, 1.165) is 11.3 Å². The Labute approximate surface area is 168 Å². The van der Waals surface area contributed by atoms with E-state index < -0.39 is 29.2 Å². The summed E-state index contributed by atoms with van der Waals surface area (Å²) in [5.74, 6) is -1.15. The molecule has 3 rings (SSSR count). The second-order valence-corrected chi connectivity index (χ2v) is 7.59. The van der Waals surface area contributed by atoms with Crippen LogP contribution in [0.2, 0.25) is 0 Å². The molecule has 10 nitrogen and oxygen atoms in total. The van der Waals surface area contributed by atoms with Crippen molar-refractivity contribution in [3.8, 4) is 0 Å². The molecule has 0 aliphatic carbocycles. The number of nitrogens with one attached hydrogen (secondary N) is 1. The lowest BCUT2D eigenvalue weighted by Gasteiger charge is -2.48. The molecule has 28 heavy (non-hydrogen) atoms. The van der Waals surface area contributed by atoms with Gasteiger partial charge in [-0.2, -0.15) is 0 Å². The molecule has 148 valence electrons.